The lowest BCUT2D eigenvalue weighted by Gasteiger charge is -2.23. The molecule has 0 amide bonds. The number of hydrogen-bond donors (Lipinski definition) is 1. The number of ether oxygens (including phenoxy) is 1. The Hall–Kier alpha value is -0.580. The molecule has 1 fully saturated rings. The maximum absolute atomic E-state index is 10.4. The molecule has 0 saturated carbocycles. The molecule has 0 radical (unpaired) electrons. The first-order chi connectivity index (χ1) is 8.02. The van der Waals surface area contributed by atoms with Gasteiger partial charge in [0.2, 0.25) is 0 Å². The van der Waals surface area contributed by atoms with Crippen LogP contribution in [0.4, 0.5) is 0 Å². The molecule has 3 unspecified atom stereocenters. The molecule has 2 rings (SSSR count). The van der Waals surface area contributed by atoms with Crippen molar-refractivity contribution in [2.45, 2.75) is 45.4 Å². The fourth-order valence-corrected chi connectivity index (χ4v) is 2.56. The van der Waals surface area contributed by atoms with Gasteiger partial charge in [-0.05, 0) is 26.2 Å². The van der Waals surface area contributed by atoms with Gasteiger partial charge in [-0.25, -0.2) is 0 Å². The van der Waals surface area contributed by atoms with Gasteiger partial charge in [0.1, 0.15) is 6.10 Å². The zero-order valence-corrected chi connectivity index (χ0v) is 11.2. The topological polar surface area (TPSA) is 47.3 Å². The Morgan fingerprint density at radius 2 is 2.29 bits per heavy atom. The predicted octanol–water partition coefficient (Wildman–Crippen LogP) is 2.58. The maximum atomic E-state index is 10.4. The highest BCUT2D eigenvalue weighted by Gasteiger charge is 2.35. The molecule has 1 N–H and O–H groups in total. The van der Waals surface area contributed by atoms with Crippen molar-refractivity contribution in [3.8, 4) is 0 Å². The van der Waals surface area contributed by atoms with Crippen LogP contribution in [-0.4, -0.2) is 27.6 Å². The third kappa shape index (κ3) is 2.34. The van der Waals surface area contributed by atoms with Crippen molar-refractivity contribution >= 4 is 11.6 Å². The van der Waals surface area contributed by atoms with E-state index in [0.717, 1.165) is 6.42 Å². The zero-order valence-electron chi connectivity index (χ0n) is 10.4. The third-order valence-electron chi connectivity index (χ3n) is 3.31. The van der Waals surface area contributed by atoms with Crippen molar-refractivity contribution in [3.05, 3.63) is 16.9 Å². The van der Waals surface area contributed by atoms with E-state index in [-0.39, 0.29) is 12.1 Å². The SMILES string of the molecule is CC1CCOC1C(O)c1c(Cl)cnn1C(C)C. The normalized spacial score (nSPS) is 26.7. The van der Waals surface area contributed by atoms with Gasteiger partial charge in [0.05, 0.1) is 23.0 Å². The number of aliphatic hydroxyl groups is 1. The Kier molecular flexibility index (Phi) is 3.76. The van der Waals surface area contributed by atoms with Crippen LogP contribution < -0.4 is 0 Å². The van der Waals surface area contributed by atoms with E-state index < -0.39 is 6.10 Å². The number of halogens is 1. The van der Waals surface area contributed by atoms with Crippen LogP contribution in [0.15, 0.2) is 6.20 Å². The van der Waals surface area contributed by atoms with Crippen molar-refractivity contribution in [2.24, 2.45) is 5.92 Å². The predicted molar refractivity (Wildman–Crippen MR) is 66.1 cm³/mol. The van der Waals surface area contributed by atoms with Gasteiger partial charge in [-0.3, -0.25) is 4.68 Å². The molecule has 0 bridgehead atoms. The van der Waals surface area contributed by atoms with Crippen LogP contribution in [0.1, 0.15) is 45.0 Å². The van der Waals surface area contributed by atoms with Crippen LogP contribution in [0, 0.1) is 5.92 Å². The fraction of sp³-hybridized carbons (Fsp3) is 0.750. The molecule has 1 aromatic heterocycles. The Morgan fingerprint density at radius 1 is 1.59 bits per heavy atom. The van der Waals surface area contributed by atoms with E-state index in [2.05, 4.69) is 12.0 Å². The molecule has 1 saturated heterocycles. The standard InChI is InChI=1S/C12H19ClN2O2/c1-7(2)15-10(9(13)6-14-15)11(16)12-8(3)4-5-17-12/h6-8,11-12,16H,4-5H2,1-3H3. The van der Waals surface area contributed by atoms with E-state index in [4.69, 9.17) is 16.3 Å². The average Bonchev–Trinajstić information content (AvgIpc) is 2.83. The number of rotatable bonds is 3. The number of nitrogens with zero attached hydrogens (tertiary/aromatic N) is 2. The highest BCUT2D eigenvalue weighted by molar-refractivity contribution is 6.31. The Balaban J connectivity index is 2.29. The Labute approximate surface area is 107 Å². The van der Waals surface area contributed by atoms with Crippen LogP contribution in [-0.2, 0) is 4.74 Å². The summed E-state index contributed by atoms with van der Waals surface area (Å²) < 4.78 is 7.36. The number of aliphatic hydroxyl groups excluding tert-OH is 1. The summed E-state index contributed by atoms with van der Waals surface area (Å²) in [4.78, 5) is 0. The van der Waals surface area contributed by atoms with Crippen LogP contribution in [0.25, 0.3) is 0 Å². The van der Waals surface area contributed by atoms with Gasteiger partial charge in [0, 0.05) is 12.6 Å². The summed E-state index contributed by atoms with van der Waals surface area (Å²) in [7, 11) is 0. The molecule has 1 aliphatic rings. The molecule has 1 aliphatic heterocycles. The van der Waals surface area contributed by atoms with Gasteiger partial charge in [-0.1, -0.05) is 18.5 Å². The molecule has 0 aromatic carbocycles. The van der Waals surface area contributed by atoms with Crippen molar-refractivity contribution in [3.63, 3.8) is 0 Å². The van der Waals surface area contributed by atoms with Crippen molar-refractivity contribution < 1.29 is 9.84 Å². The summed E-state index contributed by atoms with van der Waals surface area (Å²) in [6.45, 7) is 6.82. The van der Waals surface area contributed by atoms with E-state index in [9.17, 15) is 5.11 Å². The molecule has 5 heteroatoms. The quantitative estimate of drug-likeness (QED) is 0.907. The van der Waals surface area contributed by atoms with E-state index >= 15 is 0 Å². The van der Waals surface area contributed by atoms with Crippen LogP contribution in [0.5, 0.6) is 0 Å². The number of aromatic nitrogens is 2. The molecular weight excluding hydrogens is 240 g/mol. The second kappa shape index (κ2) is 4.96. The molecule has 3 atom stereocenters. The smallest absolute Gasteiger partial charge is 0.123 e. The Morgan fingerprint density at radius 3 is 2.82 bits per heavy atom. The number of hydrogen-bond acceptors (Lipinski definition) is 3. The van der Waals surface area contributed by atoms with Crippen LogP contribution in [0.3, 0.4) is 0 Å². The molecule has 0 aliphatic carbocycles. The summed E-state index contributed by atoms with van der Waals surface area (Å²) >= 11 is 6.11. The first-order valence-corrected chi connectivity index (χ1v) is 6.42. The van der Waals surface area contributed by atoms with Gasteiger partial charge in [0.25, 0.3) is 0 Å². The highest BCUT2D eigenvalue weighted by Crippen LogP contribution is 2.35. The average molecular weight is 259 g/mol. The molecule has 0 spiro atoms. The van der Waals surface area contributed by atoms with E-state index in [1.807, 2.05) is 13.8 Å². The molecule has 4 nitrogen and oxygen atoms in total. The minimum absolute atomic E-state index is 0.170. The van der Waals surface area contributed by atoms with Crippen molar-refractivity contribution in [1.29, 1.82) is 0 Å². The molecule has 1 aromatic rings. The molecule has 96 valence electrons. The second-order valence-electron chi connectivity index (χ2n) is 4.96. The molecular formula is C12H19ClN2O2. The summed E-state index contributed by atoms with van der Waals surface area (Å²) in [5.74, 6) is 0.344. The van der Waals surface area contributed by atoms with Crippen LogP contribution >= 0.6 is 11.6 Å². The monoisotopic (exact) mass is 258 g/mol. The van der Waals surface area contributed by atoms with Gasteiger partial charge in [-0.2, -0.15) is 5.10 Å². The molecule has 2 heterocycles. The van der Waals surface area contributed by atoms with Crippen LogP contribution in [0.2, 0.25) is 5.02 Å². The lowest BCUT2D eigenvalue weighted by atomic mass is 9.97. The lowest BCUT2D eigenvalue weighted by molar-refractivity contribution is -0.0223. The maximum Gasteiger partial charge on any atom is 0.123 e. The third-order valence-corrected chi connectivity index (χ3v) is 3.60. The minimum atomic E-state index is -0.704. The van der Waals surface area contributed by atoms with Gasteiger partial charge in [0.15, 0.2) is 0 Å². The summed E-state index contributed by atoms with van der Waals surface area (Å²) in [5, 5.41) is 15.1. The minimum Gasteiger partial charge on any atom is -0.384 e. The van der Waals surface area contributed by atoms with Gasteiger partial charge >= 0.3 is 0 Å². The molecule has 17 heavy (non-hydrogen) atoms. The largest absolute Gasteiger partial charge is 0.384 e. The van der Waals surface area contributed by atoms with Crippen molar-refractivity contribution in [2.75, 3.05) is 6.61 Å². The lowest BCUT2D eigenvalue weighted by Crippen LogP contribution is -2.26. The highest BCUT2D eigenvalue weighted by atomic mass is 35.5. The summed E-state index contributed by atoms with van der Waals surface area (Å²) in [5.41, 5.74) is 0.667. The van der Waals surface area contributed by atoms with Gasteiger partial charge in [-0.15, -0.1) is 0 Å². The summed E-state index contributed by atoms with van der Waals surface area (Å²) in [6, 6.07) is 0.170. The van der Waals surface area contributed by atoms with E-state index in [0.29, 0.717) is 23.2 Å². The van der Waals surface area contributed by atoms with Crippen molar-refractivity contribution in [1.82, 2.24) is 9.78 Å². The Bertz CT molecular complexity index is 392. The summed E-state index contributed by atoms with van der Waals surface area (Å²) in [6.07, 6.45) is 1.68. The zero-order chi connectivity index (χ0) is 12.6. The van der Waals surface area contributed by atoms with E-state index in [1.165, 1.54) is 0 Å². The first-order valence-electron chi connectivity index (χ1n) is 6.05. The first kappa shape index (κ1) is 12.9. The van der Waals surface area contributed by atoms with Gasteiger partial charge < -0.3 is 9.84 Å². The fourth-order valence-electron chi connectivity index (χ4n) is 2.32. The van der Waals surface area contributed by atoms with E-state index in [1.54, 1.807) is 10.9 Å². The second-order valence-corrected chi connectivity index (χ2v) is 5.37.